The van der Waals surface area contributed by atoms with E-state index in [0.717, 1.165) is 32.3 Å². The number of hydrogen-bond acceptors (Lipinski definition) is 30. The number of Topliss-reactive ketones (excluding diaryl/α,β-unsaturated/α-hetero) is 8. The van der Waals surface area contributed by atoms with Crippen molar-refractivity contribution in [1.82, 2.24) is 62.6 Å². The van der Waals surface area contributed by atoms with Crippen molar-refractivity contribution in [3.63, 3.8) is 0 Å². The van der Waals surface area contributed by atoms with Gasteiger partial charge in [0.2, 0.25) is 29.5 Å². The fourth-order valence-corrected chi connectivity index (χ4v) is 16.6. The Morgan fingerprint density at radius 2 is 0.648 bits per heavy atom. The Hall–Kier alpha value is -12.1. The zero-order chi connectivity index (χ0) is 111. The van der Waals surface area contributed by atoms with Gasteiger partial charge in [-0.25, -0.2) is 36.0 Å². The molecule has 145 heavy (non-hydrogen) atoms. The lowest BCUT2D eigenvalue weighted by Crippen LogP contribution is -2.55. The number of carbonyl (C=O) groups excluding carboxylic acids is 23. The van der Waals surface area contributed by atoms with Gasteiger partial charge in [-0.2, -0.15) is 0 Å². The Kier molecular flexibility index (Phi) is 64.1. The van der Waals surface area contributed by atoms with Gasteiger partial charge in [0.15, 0.2) is 33.0 Å². The quantitative estimate of drug-likeness (QED) is 0.0236. The van der Waals surface area contributed by atoms with E-state index in [1.807, 2.05) is 13.8 Å². The van der Waals surface area contributed by atoms with Gasteiger partial charge in [-0.15, -0.1) is 0 Å². The Balaban J connectivity index is 0.00000192. The minimum atomic E-state index is -4.97. The summed E-state index contributed by atoms with van der Waals surface area (Å²) in [5.74, 6) is -13.1. The van der Waals surface area contributed by atoms with Gasteiger partial charge in [0.1, 0.15) is 42.3 Å². The number of rotatable bonds is 71. The van der Waals surface area contributed by atoms with Gasteiger partial charge in [-0.3, -0.25) is 106 Å². The highest BCUT2D eigenvalue weighted by Gasteiger charge is 2.38. The topological polar surface area (TPSA) is 724 Å². The van der Waals surface area contributed by atoms with E-state index in [-0.39, 0.29) is 196 Å². The van der Waals surface area contributed by atoms with Crippen molar-refractivity contribution >= 4 is 155 Å². The van der Waals surface area contributed by atoms with Crippen molar-refractivity contribution in [3.8, 4) is 0 Å². The van der Waals surface area contributed by atoms with Crippen LogP contribution >= 0.6 is 0 Å². The molecule has 0 spiro atoms. The number of imide groups is 3. The number of amides is 19. The van der Waals surface area contributed by atoms with Crippen LogP contribution in [0.4, 0.5) is 19.2 Å². The largest absolute Gasteiger partial charge is 0.748 e. The minimum absolute atomic E-state index is 0.00541. The molecule has 3 aliphatic rings. The third-order valence-electron chi connectivity index (χ3n) is 23.1. The predicted octanol–water partition coefficient (Wildman–Crippen LogP) is 3.02. The van der Waals surface area contributed by atoms with Gasteiger partial charge in [0.25, 0.3) is 35.4 Å². The average Bonchev–Trinajstić information content (AvgIpc) is 1.03. The summed E-state index contributed by atoms with van der Waals surface area (Å²) in [6.45, 7) is 32.4. The molecule has 0 saturated carbocycles. The van der Waals surface area contributed by atoms with Crippen molar-refractivity contribution in [1.29, 1.82) is 0 Å². The van der Waals surface area contributed by atoms with Crippen LogP contribution in [0.25, 0.3) is 0 Å². The van der Waals surface area contributed by atoms with E-state index in [1.54, 1.807) is 96.9 Å². The smallest absolute Gasteiger partial charge is 0.312 e. The summed E-state index contributed by atoms with van der Waals surface area (Å²) >= 11 is 0. The van der Waals surface area contributed by atoms with Gasteiger partial charge in [0, 0.05) is 160 Å². The van der Waals surface area contributed by atoms with E-state index in [2.05, 4.69) is 54.4 Å². The zero-order valence-corrected chi connectivity index (χ0v) is 88.2. The molecule has 0 unspecified atom stereocenters. The molecule has 0 fully saturated rings. The number of sulfone groups is 1. The molecule has 0 radical (unpaired) electrons. The summed E-state index contributed by atoms with van der Waals surface area (Å²) in [4.78, 5) is 281. The summed E-state index contributed by atoms with van der Waals surface area (Å²) in [6.07, 6.45) is 12.8. The second-order valence-electron chi connectivity index (χ2n) is 38.1. The predicted molar refractivity (Wildman–Crippen MR) is 533 cm³/mol. The lowest BCUT2D eigenvalue weighted by molar-refractivity contribution is -0.142. The first kappa shape index (κ1) is 133. The van der Waals surface area contributed by atoms with Crippen LogP contribution in [0.3, 0.4) is 0 Å². The molecule has 48 heteroatoms. The zero-order valence-electron chi connectivity index (χ0n) is 86.6. The molecule has 9 atom stereocenters. The fraction of sp³-hybridized carbons (Fsp3) is 0.680. The van der Waals surface area contributed by atoms with Crippen LogP contribution in [-0.2, 0) is 121 Å². The van der Waals surface area contributed by atoms with E-state index in [0.29, 0.717) is 103 Å². The number of nitrogens with two attached hydrogens (primary N) is 4. The van der Waals surface area contributed by atoms with E-state index in [9.17, 15) is 132 Å². The van der Waals surface area contributed by atoms with Gasteiger partial charge in [0.05, 0.1) is 72.2 Å². The lowest BCUT2D eigenvalue weighted by Gasteiger charge is -2.27. The summed E-state index contributed by atoms with van der Waals surface area (Å²) in [5, 5.41) is 23.5. The van der Waals surface area contributed by atoms with E-state index < -0.39 is 169 Å². The second-order valence-corrected chi connectivity index (χ2v) is 41.6. The molecule has 3 aliphatic heterocycles. The summed E-state index contributed by atoms with van der Waals surface area (Å²) < 4.78 is 68.0. The molecule has 0 bridgehead atoms. The third kappa shape index (κ3) is 56.9. The van der Waals surface area contributed by atoms with Crippen LogP contribution in [0.15, 0.2) is 48.4 Å². The SMILES string of the molecule is C=CS(=O)(=O)CCCCCC(=O)N[C@@H](C(=O)C[C@H](CCCNC(N)=O)C(=O)C(C)C)C(C)C.CC(C)C(=O)[C@@H](CCCNC(N)=O)CC(=O)[C@H](NC(=O)CN1C(=O)C=CC1=O)C(C)C.CC(C)C(=O)[C@@H](CCCNC(N)=O)CC(=O)[C@H](NC(=O)[C@@H](CS(=O)(=O)[O-])NC(=O)CCCCCN1C(=O)C=CC1=O)C(C)C.CC(C)C(=O)[C@H](CCCNC(N)=O)CC(=O)[C@@H](NC(=O)COCCOCCN1C(=O)C=CC1=O)C(C)C. The van der Waals surface area contributed by atoms with Crippen molar-refractivity contribution in [2.45, 2.75) is 269 Å². The maximum absolute atomic E-state index is 13.3. The van der Waals surface area contributed by atoms with Crippen molar-refractivity contribution in [2.24, 2.45) is 93.9 Å². The molecule has 46 nitrogen and oxygen atoms in total. The normalized spacial score (nSPS) is 14.8. The Morgan fingerprint density at radius 3 is 0.959 bits per heavy atom. The highest BCUT2D eigenvalue weighted by molar-refractivity contribution is 7.94. The Bertz CT molecular complexity index is 4700. The number of ketones is 8. The highest BCUT2D eigenvalue weighted by Crippen LogP contribution is 2.26. The Morgan fingerprint density at radius 1 is 0.359 bits per heavy atom. The second kappa shape index (κ2) is 69.9. The first-order valence-corrected chi connectivity index (χ1v) is 52.3. The molecule has 818 valence electrons. The lowest BCUT2D eigenvalue weighted by atomic mass is 9.84. The Labute approximate surface area is 850 Å². The van der Waals surface area contributed by atoms with Crippen molar-refractivity contribution < 1.29 is 141 Å². The molecular formula is C97H157N16O30S2-. The summed E-state index contributed by atoms with van der Waals surface area (Å²) in [6, 6.07) is -7.91. The number of nitrogens with one attached hydrogen (secondary N) is 9. The van der Waals surface area contributed by atoms with Crippen LogP contribution < -0.4 is 70.8 Å². The molecule has 3 rings (SSSR count). The average molecular weight is 2090 g/mol. The fourth-order valence-electron chi connectivity index (χ4n) is 15.2. The van der Waals surface area contributed by atoms with Gasteiger partial charge in [-0.05, 0) is 101 Å². The molecule has 19 amide bonds. The standard InChI is InChI=1S/C28H45N5O10S.C25H40N4O8.C23H41N3O6S.C21H32N4O6/c1-17(2)25(21(34)15-19(26(38)18(3)4)9-8-13-30-28(29)40)32-27(39)20(16-44(41,42)43)31-22(35)10-6-5-7-14-33-23(36)11-12-24(33)37;1-16(2)23(19(30)14-18(24(34)17(3)4)6-5-9-27-25(26)35)28-20(31)15-37-13-12-36-11-10-29-21(32)7-8-22(29)33;1-6-33(31,32)14-9-7-8-12-20(28)26-21(16(2)3)19(27)15-18(22(29)17(4)5)11-10-13-25-23(24)30;1-12(2)19(24-16(27)11-25-17(28)7-8-18(25)29)15(26)10-14(20(30)13(3)4)6-5-9-23-21(22)31/h11-12,17-20,25H,5-10,13-16H2,1-4H3,(H,31,35)(H,32,39)(H3,29,30,40)(H,41,42,43);7-8,16-18,23H,5-6,9-15H2,1-4H3,(H,28,31)(H3,26,27,35);6,16-18,21H,1,7-15H2,2-5H3,(H,26,28)(H3,24,25,30);7-8,12-14,19H,5-6,9-11H2,1-4H3,(H,24,27)(H3,22,23,31)/p-1/t19-,20+,25+;18-,23+;18-,21+;14-,19+/m0100/s1. The van der Waals surface area contributed by atoms with Crippen LogP contribution in [0.2, 0.25) is 0 Å². The van der Waals surface area contributed by atoms with Crippen molar-refractivity contribution in [2.75, 3.05) is 83.7 Å². The van der Waals surface area contributed by atoms with Crippen molar-refractivity contribution in [3.05, 3.63) is 48.4 Å². The van der Waals surface area contributed by atoms with Gasteiger partial charge in [-0.1, -0.05) is 130 Å². The molecule has 0 aromatic carbocycles. The van der Waals surface area contributed by atoms with Gasteiger partial charge >= 0.3 is 24.1 Å². The number of primary amides is 4. The van der Waals surface area contributed by atoms with Crippen LogP contribution in [0.1, 0.15) is 239 Å². The van der Waals surface area contributed by atoms with Gasteiger partial charge < -0.3 is 84.8 Å². The first-order chi connectivity index (χ1) is 67.6. The van der Waals surface area contributed by atoms with E-state index in [1.165, 1.54) is 24.3 Å². The monoisotopic (exact) mass is 2090 g/mol. The van der Waals surface area contributed by atoms with E-state index >= 15 is 0 Å². The number of nitrogens with zero attached hydrogens (tertiary/aromatic N) is 3. The molecule has 0 aromatic heterocycles. The molecule has 0 aromatic rings. The number of ether oxygens (including phenoxy) is 2. The van der Waals surface area contributed by atoms with Crippen LogP contribution in [0, 0.1) is 71.0 Å². The number of carbonyl (C=O) groups is 23. The summed E-state index contributed by atoms with van der Waals surface area (Å²) in [5.41, 5.74) is 20.2. The summed E-state index contributed by atoms with van der Waals surface area (Å²) in [7, 11) is -8.20. The molecule has 3 heterocycles. The molecular weight excluding hydrogens is 1930 g/mol. The number of urea groups is 4. The molecule has 17 N–H and O–H groups in total. The maximum atomic E-state index is 13.3. The highest BCUT2D eigenvalue weighted by atomic mass is 32.2. The number of hydrogen-bond donors (Lipinski definition) is 13. The maximum Gasteiger partial charge on any atom is 0.312 e. The third-order valence-corrected chi connectivity index (χ3v) is 25.2. The minimum Gasteiger partial charge on any atom is -0.748 e. The van der Waals surface area contributed by atoms with E-state index in [4.69, 9.17) is 32.4 Å². The van der Waals surface area contributed by atoms with Crippen LogP contribution in [-0.4, -0.2) is 285 Å². The molecule has 0 aliphatic carbocycles. The molecule has 0 saturated heterocycles. The number of unbranched alkanes of at least 4 members (excludes halogenated alkanes) is 4. The van der Waals surface area contributed by atoms with Crippen LogP contribution in [0.5, 0.6) is 0 Å². The first-order valence-electron chi connectivity index (χ1n) is 49.0.